The van der Waals surface area contributed by atoms with E-state index in [0.29, 0.717) is 41.8 Å². The molecule has 202 valence electrons. The summed E-state index contributed by atoms with van der Waals surface area (Å²) in [7, 11) is 0. The summed E-state index contributed by atoms with van der Waals surface area (Å²) < 4.78 is 17.2. The molecule has 0 bridgehead atoms. The predicted molar refractivity (Wildman–Crippen MR) is 152 cm³/mol. The molecule has 1 aliphatic carbocycles. The Morgan fingerprint density at radius 2 is 2.00 bits per heavy atom. The van der Waals surface area contributed by atoms with Crippen molar-refractivity contribution in [1.82, 2.24) is 25.2 Å². The highest BCUT2D eigenvalue weighted by molar-refractivity contribution is 9.10. The van der Waals surface area contributed by atoms with Crippen LogP contribution in [0.4, 0.5) is 4.39 Å². The van der Waals surface area contributed by atoms with Crippen molar-refractivity contribution < 1.29 is 9.18 Å². The van der Waals surface area contributed by atoms with Crippen molar-refractivity contribution in [2.75, 3.05) is 19.6 Å². The van der Waals surface area contributed by atoms with E-state index in [4.69, 9.17) is 11.6 Å². The summed E-state index contributed by atoms with van der Waals surface area (Å²) in [5.74, 6) is -0.250. The Balaban J connectivity index is 1.13. The molecule has 5 rings (SSSR count). The van der Waals surface area contributed by atoms with Crippen LogP contribution < -0.4 is 5.32 Å². The molecule has 1 aromatic heterocycles. The molecule has 1 N–H and O–H groups in total. The number of aromatic nitrogens is 3. The highest BCUT2D eigenvalue weighted by Crippen LogP contribution is 2.50. The quantitative estimate of drug-likeness (QED) is 0.304. The lowest BCUT2D eigenvalue weighted by atomic mass is 9.99. The molecule has 0 radical (unpaired) electrons. The van der Waals surface area contributed by atoms with Crippen molar-refractivity contribution in [1.29, 1.82) is 0 Å². The van der Waals surface area contributed by atoms with Gasteiger partial charge in [0.25, 0.3) is 0 Å². The molecule has 38 heavy (non-hydrogen) atoms. The van der Waals surface area contributed by atoms with Crippen molar-refractivity contribution >= 4 is 33.4 Å². The van der Waals surface area contributed by atoms with E-state index in [-0.39, 0.29) is 11.3 Å². The Morgan fingerprint density at radius 3 is 2.71 bits per heavy atom. The van der Waals surface area contributed by atoms with Crippen LogP contribution in [0.15, 0.2) is 41.0 Å². The largest absolute Gasteiger partial charge is 0.356 e. The van der Waals surface area contributed by atoms with Gasteiger partial charge in [-0.2, -0.15) is 0 Å². The van der Waals surface area contributed by atoms with Gasteiger partial charge in [-0.25, -0.2) is 4.39 Å². The third-order valence-corrected chi connectivity index (χ3v) is 8.72. The molecule has 3 aromatic rings. The Bertz CT molecular complexity index is 1300. The second kappa shape index (κ2) is 11.4. The second-order valence-electron chi connectivity index (χ2n) is 11.0. The van der Waals surface area contributed by atoms with Crippen molar-refractivity contribution in [3.63, 3.8) is 0 Å². The standard InChI is InChI=1S/C29H34BrClFN5O/c1-19-12-21(30)13-20(2)24(19)7-10-33-28(38)15-29(8-9-29)18-36-11-3-4-23(36)16-37-17-27(34-35-37)25-6-5-22(31)14-26(25)32/h5-6,12-14,17,23H,3-4,7-11,15-16,18H2,1-2H3,(H,33,38). The second-order valence-corrected chi connectivity index (χ2v) is 12.4. The molecule has 1 atom stereocenters. The minimum Gasteiger partial charge on any atom is -0.356 e. The number of nitrogens with zero attached hydrogens (tertiary/aromatic N) is 4. The molecular formula is C29H34BrClFN5O. The smallest absolute Gasteiger partial charge is 0.220 e. The van der Waals surface area contributed by atoms with Crippen LogP contribution in [0.25, 0.3) is 11.3 Å². The zero-order valence-corrected chi connectivity index (χ0v) is 24.3. The maximum absolute atomic E-state index is 14.3. The van der Waals surface area contributed by atoms with E-state index >= 15 is 0 Å². The molecule has 1 saturated heterocycles. The van der Waals surface area contributed by atoms with Crippen LogP contribution in [0.1, 0.15) is 48.8 Å². The van der Waals surface area contributed by atoms with E-state index in [2.05, 4.69) is 62.4 Å². The fourth-order valence-electron chi connectivity index (χ4n) is 5.80. The molecule has 0 spiro atoms. The van der Waals surface area contributed by atoms with Crippen LogP contribution in [0.2, 0.25) is 5.02 Å². The number of hydrogen-bond acceptors (Lipinski definition) is 4. The molecule has 1 amide bonds. The highest BCUT2D eigenvalue weighted by Gasteiger charge is 2.46. The number of carbonyl (C=O) groups excluding carboxylic acids is 1. The van der Waals surface area contributed by atoms with E-state index in [1.54, 1.807) is 18.3 Å². The SMILES string of the molecule is Cc1cc(Br)cc(C)c1CCNC(=O)CC1(CN2CCCC2Cn2cc(-c3ccc(Cl)cc3F)nn2)CC1. The first kappa shape index (κ1) is 27.3. The molecule has 6 nitrogen and oxygen atoms in total. The number of carbonyl (C=O) groups is 1. The molecule has 1 aliphatic heterocycles. The molecule has 2 heterocycles. The Kier molecular flexibility index (Phi) is 8.22. The summed E-state index contributed by atoms with van der Waals surface area (Å²) in [6, 6.07) is 9.19. The van der Waals surface area contributed by atoms with Gasteiger partial charge in [-0.05, 0) is 105 Å². The third kappa shape index (κ3) is 6.46. The van der Waals surface area contributed by atoms with E-state index in [0.717, 1.165) is 49.7 Å². The van der Waals surface area contributed by atoms with Gasteiger partial charge in [-0.3, -0.25) is 14.4 Å². The summed E-state index contributed by atoms with van der Waals surface area (Å²) in [4.78, 5) is 15.4. The van der Waals surface area contributed by atoms with Crippen LogP contribution in [-0.2, 0) is 17.8 Å². The van der Waals surface area contributed by atoms with E-state index in [1.165, 1.54) is 22.8 Å². The fourth-order valence-corrected chi connectivity index (χ4v) is 6.64. The van der Waals surface area contributed by atoms with Gasteiger partial charge in [-0.1, -0.05) is 32.7 Å². The lowest BCUT2D eigenvalue weighted by Crippen LogP contribution is -2.39. The van der Waals surface area contributed by atoms with Crippen LogP contribution in [0.5, 0.6) is 0 Å². The Labute approximate surface area is 237 Å². The van der Waals surface area contributed by atoms with Crippen LogP contribution >= 0.6 is 27.5 Å². The lowest BCUT2D eigenvalue weighted by Gasteiger charge is -2.28. The molecule has 2 fully saturated rings. The molecule has 2 aromatic carbocycles. The first-order valence-corrected chi connectivity index (χ1v) is 14.5. The number of benzene rings is 2. The Morgan fingerprint density at radius 1 is 1.24 bits per heavy atom. The summed E-state index contributed by atoms with van der Waals surface area (Å²) in [6.07, 6.45) is 7.63. The van der Waals surface area contributed by atoms with Gasteiger partial charge in [0.2, 0.25) is 5.91 Å². The van der Waals surface area contributed by atoms with Gasteiger partial charge < -0.3 is 5.32 Å². The average molecular weight is 603 g/mol. The van der Waals surface area contributed by atoms with Gasteiger partial charge in [0.1, 0.15) is 11.5 Å². The maximum atomic E-state index is 14.3. The molecular weight excluding hydrogens is 569 g/mol. The summed E-state index contributed by atoms with van der Waals surface area (Å²) in [5, 5.41) is 12.0. The van der Waals surface area contributed by atoms with Crippen molar-refractivity contribution in [2.45, 2.75) is 65.0 Å². The predicted octanol–water partition coefficient (Wildman–Crippen LogP) is 6.11. The molecule has 1 unspecified atom stereocenters. The number of nitrogens with one attached hydrogen (secondary N) is 1. The topological polar surface area (TPSA) is 63.1 Å². The first-order chi connectivity index (χ1) is 18.2. The molecule has 1 saturated carbocycles. The van der Waals surface area contributed by atoms with E-state index in [1.807, 2.05) is 4.68 Å². The number of halogens is 3. The number of rotatable bonds is 10. The van der Waals surface area contributed by atoms with Gasteiger partial charge in [0.15, 0.2) is 0 Å². The first-order valence-electron chi connectivity index (χ1n) is 13.3. The van der Waals surface area contributed by atoms with Gasteiger partial charge in [0.05, 0.1) is 12.7 Å². The number of hydrogen-bond donors (Lipinski definition) is 1. The molecule has 9 heteroatoms. The van der Waals surface area contributed by atoms with Crippen molar-refractivity contribution in [2.24, 2.45) is 5.41 Å². The zero-order chi connectivity index (χ0) is 26.9. The molecule has 2 aliphatic rings. The summed E-state index contributed by atoms with van der Waals surface area (Å²) >= 11 is 9.43. The maximum Gasteiger partial charge on any atom is 0.220 e. The van der Waals surface area contributed by atoms with Crippen LogP contribution in [-0.4, -0.2) is 51.5 Å². The summed E-state index contributed by atoms with van der Waals surface area (Å²) in [5.41, 5.74) is 4.80. The highest BCUT2D eigenvalue weighted by atomic mass is 79.9. The lowest BCUT2D eigenvalue weighted by molar-refractivity contribution is -0.122. The minimum atomic E-state index is -0.400. The zero-order valence-electron chi connectivity index (χ0n) is 21.9. The van der Waals surface area contributed by atoms with Crippen molar-refractivity contribution in [3.05, 3.63) is 68.5 Å². The summed E-state index contributed by atoms with van der Waals surface area (Å²) in [6.45, 7) is 7.57. The average Bonchev–Trinajstić information content (AvgIpc) is 3.21. The normalized spacial score (nSPS) is 18.6. The minimum absolute atomic E-state index is 0.0794. The fraction of sp³-hybridized carbons (Fsp3) is 0.483. The number of likely N-dealkylation sites (tertiary alicyclic amines) is 1. The van der Waals surface area contributed by atoms with E-state index < -0.39 is 5.82 Å². The number of amides is 1. The third-order valence-electron chi connectivity index (χ3n) is 8.03. The van der Waals surface area contributed by atoms with Gasteiger partial charge in [-0.15, -0.1) is 5.10 Å². The van der Waals surface area contributed by atoms with E-state index in [9.17, 15) is 9.18 Å². The van der Waals surface area contributed by atoms with Gasteiger partial charge >= 0.3 is 0 Å². The van der Waals surface area contributed by atoms with Crippen molar-refractivity contribution in [3.8, 4) is 11.3 Å². The number of aryl methyl sites for hydroxylation is 2. The Hall–Kier alpha value is -2.29. The monoisotopic (exact) mass is 601 g/mol. The van der Waals surface area contributed by atoms with Crippen LogP contribution in [0, 0.1) is 25.1 Å². The van der Waals surface area contributed by atoms with Gasteiger partial charge in [0, 0.05) is 40.6 Å². The van der Waals surface area contributed by atoms with Crippen LogP contribution in [0.3, 0.4) is 0 Å².